The third-order valence-corrected chi connectivity index (χ3v) is 4.83. The van der Waals surface area contributed by atoms with Crippen LogP contribution in [0.1, 0.15) is 5.56 Å². The maximum absolute atomic E-state index is 13.7. The zero-order valence-electron chi connectivity index (χ0n) is 12.6. The lowest BCUT2D eigenvalue weighted by molar-refractivity contribution is 0.557. The Morgan fingerprint density at radius 3 is 2.50 bits per heavy atom. The number of hydrogen-bond acceptors (Lipinski definition) is 4. The molecule has 0 spiro atoms. The molecule has 2 aromatic heterocycles. The van der Waals surface area contributed by atoms with E-state index < -0.39 is 15.8 Å². The highest BCUT2D eigenvalue weighted by molar-refractivity contribution is 7.89. The highest BCUT2D eigenvalue weighted by Gasteiger charge is 2.18. The largest absolute Gasteiger partial charge is 0.265 e. The average Bonchev–Trinajstić information content (AvgIpc) is 2.61. The summed E-state index contributed by atoms with van der Waals surface area (Å²) in [5.41, 5.74) is 2.31. The van der Waals surface area contributed by atoms with Gasteiger partial charge in [0, 0.05) is 30.7 Å². The molecular weight excluding hydrogens is 329 g/mol. The summed E-state index contributed by atoms with van der Waals surface area (Å²) in [5, 5.41) is 0. The van der Waals surface area contributed by atoms with Crippen LogP contribution in [0.3, 0.4) is 0 Å². The number of pyridine rings is 2. The Labute approximate surface area is 139 Å². The fraction of sp³-hybridized carbons (Fsp3) is 0.0588. The Kier molecular flexibility index (Phi) is 4.64. The Bertz CT molecular complexity index is 947. The van der Waals surface area contributed by atoms with Gasteiger partial charge in [-0.1, -0.05) is 12.1 Å². The molecule has 0 fully saturated rings. The lowest BCUT2D eigenvalue weighted by Crippen LogP contribution is -2.24. The number of benzene rings is 1. The molecule has 24 heavy (non-hydrogen) atoms. The van der Waals surface area contributed by atoms with Gasteiger partial charge in [0.2, 0.25) is 10.0 Å². The van der Waals surface area contributed by atoms with Gasteiger partial charge < -0.3 is 0 Å². The number of aromatic nitrogens is 2. The monoisotopic (exact) mass is 343 g/mol. The van der Waals surface area contributed by atoms with Crippen molar-refractivity contribution in [3.8, 4) is 11.3 Å². The highest BCUT2D eigenvalue weighted by Crippen LogP contribution is 2.18. The number of nitrogens with one attached hydrogen (secondary N) is 1. The number of nitrogens with zero attached hydrogens (tertiary/aromatic N) is 2. The standard InChI is InChI=1S/C17H14FN3O2S/c18-15-3-1-2-4-17(15)24(22,23)21-12-13-5-10-20-16(11-13)14-6-8-19-9-7-14/h1-11,21H,12H2. The molecule has 0 aliphatic carbocycles. The van der Waals surface area contributed by atoms with E-state index in [4.69, 9.17) is 0 Å². The molecule has 0 saturated heterocycles. The molecule has 7 heteroatoms. The van der Waals surface area contributed by atoms with Crippen LogP contribution in [0.2, 0.25) is 0 Å². The average molecular weight is 343 g/mol. The van der Waals surface area contributed by atoms with Crippen LogP contribution in [0.15, 0.2) is 72.0 Å². The summed E-state index contributed by atoms with van der Waals surface area (Å²) in [5.74, 6) is -0.780. The van der Waals surface area contributed by atoms with Gasteiger partial charge in [0.25, 0.3) is 0 Å². The zero-order chi connectivity index (χ0) is 17.0. The number of rotatable bonds is 5. The van der Waals surface area contributed by atoms with Gasteiger partial charge in [-0.15, -0.1) is 0 Å². The van der Waals surface area contributed by atoms with Crippen LogP contribution in [0, 0.1) is 5.82 Å². The predicted molar refractivity (Wildman–Crippen MR) is 87.9 cm³/mol. The van der Waals surface area contributed by atoms with Crippen molar-refractivity contribution < 1.29 is 12.8 Å². The first-order chi connectivity index (χ1) is 11.6. The minimum atomic E-state index is -3.92. The van der Waals surface area contributed by atoms with Crippen molar-refractivity contribution in [3.05, 3.63) is 78.5 Å². The van der Waals surface area contributed by atoms with Crippen LogP contribution >= 0.6 is 0 Å². The van der Waals surface area contributed by atoms with Crippen molar-refractivity contribution >= 4 is 10.0 Å². The van der Waals surface area contributed by atoms with E-state index in [-0.39, 0.29) is 11.4 Å². The van der Waals surface area contributed by atoms with Crippen LogP contribution in [-0.4, -0.2) is 18.4 Å². The Hall–Kier alpha value is -2.64. The first kappa shape index (κ1) is 16.2. The van der Waals surface area contributed by atoms with Gasteiger partial charge in [0.1, 0.15) is 10.7 Å². The second-order valence-electron chi connectivity index (χ2n) is 5.04. The van der Waals surface area contributed by atoms with Crippen molar-refractivity contribution in [3.63, 3.8) is 0 Å². The van der Waals surface area contributed by atoms with Crippen LogP contribution in [0.5, 0.6) is 0 Å². The Morgan fingerprint density at radius 1 is 1.00 bits per heavy atom. The van der Waals surface area contributed by atoms with Crippen molar-refractivity contribution in [2.24, 2.45) is 0 Å². The van der Waals surface area contributed by atoms with E-state index >= 15 is 0 Å². The van der Waals surface area contributed by atoms with Crippen LogP contribution < -0.4 is 4.72 Å². The van der Waals surface area contributed by atoms with Gasteiger partial charge in [-0.05, 0) is 42.0 Å². The molecule has 0 aliphatic heterocycles. The van der Waals surface area contributed by atoms with Crippen LogP contribution in [0.25, 0.3) is 11.3 Å². The minimum absolute atomic E-state index is 0.0390. The summed E-state index contributed by atoms with van der Waals surface area (Å²) in [4.78, 5) is 7.84. The summed E-state index contributed by atoms with van der Waals surface area (Å²) in [6.07, 6.45) is 4.91. The lowest BCUT2D eigenvalue weighted by Gasteiger charge is -2.08. The first-order valence-electron chi connectivity index (χ1n) is 7.16. The normalized spacial score (nSPS) is 11.4. The van der Waals surface area contributed by atoms with E-state index in [9.17, 15) is 12.8 Å². The quantitative estimate of drug-likeness (QED) is 0.773. The molecule has 3 aromatic rings. The summed E-state index contributed by atoms with van der Waals surface area (Å²) < 4.78 is 40.5. The SMILES string of the molecule is O=S(=O)(NCc1ccnc(-c2ccncc2)c1)c1ccccc1F. The summed E-state index contributed by atoms with van der Waals surface area (Å²) >= 11 is 0. The smallest absolute Gasteiger partial charge is 0.243 e. The second kappa shape index (κ2) is 6.86. The lowest BCUT2D eigenvalue weighted by atomic mass is 10.1. The van der Waals surface area contributed by atoms with Crippen molar-refractivity contribution in [1.82, 2.24) is 14.7 Å². The fourth-order valence-corrected chi connectivity index (χ4v) is 3.28. The van der Waals surface area contributed by atoms with Gasteiger partial charge >= 0.3 is 0 Å². The van der Waals surface area contributed by atoms with Crippen molar-refractivity contribution in [2.45, 2.75) is 11.4 Å². The Balaban J connectivity index is 1.79. The molecule has 0 saturated carbocycles. The van der Waals surface area contributed by atoms with Gasteiger partial charge in [-0.25, -0.2) is 17.5 Å². The molecule has 0 unspecified atom stereocenters. The predicted octanol–water partition coefficient (Wildman–Crippen LogP) is 2.76. The fourth-order valence-electron chi connectivity index (χ4n) is 2.18. The molecule has 3 rings (SSSR count). The second-order valence-corrected chi connectivity index (χ2v) is 6.78. The highest BCUT2D eigenvalue weighted by atomic mass is 32.2. The van der Waals surface area contributed by atoms with E-state index in [2.05, 4.69) is 14.7 Å². The molecule has 1 N–H and O–H groups in total. The van der Waals surface area contributed by atoms with E-state index in [0.29, 0.717) is 5.69 Å². The van der Waals surface area contributed by atoms with Gasteiger partial charge in [0.05, 0.1) is 5.69 Å². The van der Waals surface area contributed by atoms with E-state index in [1.807, 2.05) is 12.1 Å². The summed E-state index contributed by atoms with van der Waals surface area (Å²) in [6, 6.07) is 12.4. The van der Waals surface area contributed by atoms with Crippen LogP contribution in [-0.2, 0) is 16.6 Å². The topological polar surface area (TPSA) is 72.0 Å². The maximum Gasteiger partial charge on any atom is 0.243 e. The maximum atomic E-state index is 13.7. The summed E-state index contributed by atoms with van der Waals surface area (Å²) in [6.45, 7) is 0.0390. The molecule has 0 amide bonds. The molecule has 0 radical (unpaired) electrons. The Morgan fingerprint density at radius 2 is 1.75 bits per heavy atom. The number of halogens is 1. The third kappa shape index (κ3) is 3.64. The molecule has 122 valence electrons. The van der Waals surface area contributed by atoms with Crippen molar-refractivity contribution in [1.29, 1.82) is 0 Å². The van der Waals surface area contributed by atoms with E-state index in [1.54, 1.807) is 30.7 Å². The number of hydrogen-bond donors (Lipinski definition) is 1. The molecular formula is C17H14FN3O2S. The van der Waals surface area contributed by atoms with Gasteiger partial charge in [0.15, 0.2) is 0 Å². The summed E-state index contributed by atoms with van der Waals surface area (Å²) in [7, 11) is -3.92. The molecule has 0 bridgehead atoms. The molecule has 5 nitrogen and oxygen atoms in total. The van der Waals surface area contributed by atoms with Crippen molar-refractivity contribution in [2.75, 3.05) is 0 Å². The zero-order valence-corrected chi connectivity index (χ0v) is 13.4. The van der Waals surface area contributed by atoms with Crippen LogP contribution in [0.4, 0.5) is 4.39 Å². The molecule has 0 atom stereocenters. The molecule has 0 aliphatic rings. The number of sulfonamides is 1. The van der Waals surface area contributed by atoms with E-state index in [0.717, 1.165) is 17.2 Å². The van der Waals surface area contributed by atoms with E-state index in [1.165, 1.54) is 18.2 Å². The molecule has 2 heterocycles. The molecule has 1 aromatic carbocycles. The third-order valence-electron chi connectivity index (χ3n) is 3.39. The minimum Gasteiger partial charge on any atom is -0.265 e. The van der Waals surface area contributed by atoms with Gasteiger partial charge in [-0.2, -0.15) is 0 Å². The first-order valence-corrected chi connectivity index (χ1v) is 8.64. The van der Waals surface area contributed by atoms with Gasteiger partial charge in [-0.3, -0.25) is 9.97 Å².